The van der Waals surface area contributed by atoms with Gasteiger partial charge < -0.3 is 25.2 Å². The van der Waals surface area contributed by atoms with Gasteiger partial charge in [0.2, 0.25) is 0 Å². The first-order chi connectivity index (χ1) is 13.0. The van der Waals surface area contributed by atoms with Crippen molar-refractivity contribution in [1.29, 1.82) is 0 Å². The van der Waals surface area contributed by atoms with E-state index in [1.807, 2.05) is 30.0 Å². The van der Waals surface area contributed by atoms with E-state index in [1.165, 1.54) is 0 Å². The molecule has 1 aromatic carbocycles. The number of nitrogens with zero attached hydrogens (tertiary/aromatic N) is 1. The highest BCUT2D eigenvalue weighted by Crippen LogP contribution is 2.30. The molecule has 0 atom stereocenters. The summed E-state index contributed by atoms with van der Waals surface area (Å²) in [7, 11) is 0. The van der Waals surface area contributed by atoms with Crippen molar-refractivity contribution in [2.75, 3.05) is 26.3 Å². The lowest BCUT2D eigenvalue weighted by Gasteiger charge is -2.42. The number of carboxylic acid groups (broad SMARTS) is 1. The molecule has 0 saturated heterocycles. The normalized spacial score (nSPS) is 21.1. The molecule has 2 aliphatic rings. The summed E-state index contributed by atoms with van der Waals surface area (Å²) in [5.41, 5.74) is 0.944. The highest BCUT2D eigenvalue weighted by molar-refractivity contribution is 5.74. The Morgan fingerprint density at radius 1 is 1.22 bits per heavy atom. The zero-order valence-corrected chi connectivity index (χ0v) is 15.6. The summed E-state index contributed by atoms with van der Waals surface area (Å²) < 4.78 is 11.3. The third-order valence-corrected chi connectivity index (χ3v) is 4.97. The SMILES string of the molecule is CCN(CC(=O)O)C1CC(NC(=O)NCc2ccc3c(c2)OCCCO3)C1. The van der Waals surface area contributed by atoms with Gasteiger partial charge in [0.15, 0.2) is 11.5 Å². The van der Waals surface area contributed by atoms with Crippen molar-refractivity contribution < 1.29 is 24.2 Å². The molecule has 1 heterocycles. The number of hydrogen-bond acceptors (Lipinski definition) is 5. The molecule has 3 rings (SSSR count). The second-order valence-electron chi connectivity index (χ2n) is 6.94. The number of benzene rings is 1. The van der Waals surface area contributed by atoms with Crippen molar-refractivity contribution in [3.63, 3.8) is 0 Å². The maximum atomic E-state index is 12.1. The van der Waals surface area contributed by atoms with Crippen molar-refractivity contribution in [2.24, 2.45) is 0 Å². The number of carboxylic acids is 1. The lowest BCUT2D eigenvalue weighted by atomic mass is 9.85. The summed E-state index contributed by atoms with van der Waals surface area (Å²) in [4.78, 5) is 24.9. The molecule has 1 saturated carbocycles. The van der Waals surface area contributed by atoms with Crippen LogP contribution in [0.2, 0.25) is 0 Å². The van der Waals surface area contributed by atoms with Crippen LogP contribution in [0.25, 0.3) is 0 Å². The molecule has 1 aliphatic carbocycles. The molecule has 0 spiro atoms. The predicted octanol–water partition coefficient (Wildman–Crippen LogP) is 1.58. The van der Waals surface area contributed by atoms with Gasteiger partial charge in [-0.3, -0.25) is 9.69 Å². The van der Waals surface area contributed by atoms with Gasteiger partial charge >= 0.3 is 12.0 Å². The van der Waals surface area contributed by atoms with Gasteiger partial charge in [-0.1, -0.05) is 13.0 Å². The number of fused-ring (bicyclic) bond motifs is 1. The van der Waals surface area contributed by atoms with Crippen molar-refractivity contribution >= 4 is 12.0 Å². The van der Waals surface area contributed by atoms with Gasteiger partial charge in [-0.25, -0.2) is 4.79 Å². The number of carbonyl (C=O) groups excluding carboxylic acids is 1. The quantitative estimate of drug-likeness (QED) is 0.667. The Bertz CT molecular complexity index is 675. The standard InChI is InChI=1S/C19H27N3O5/c1-2-22(12-18(23)24)15-9-14(10-15)21-19(25)20-11-13-4-5-16-17(8-13)27-7-3-6-26-16/h4-5,8,14-15H,2-3,6-7,9-12H2,1H3,(H,23,24)(H2,20,21,25). The Balaban J connectivity index is 1.41. The number of aliphatic carboxylic acids is 1. The fraction of sp³-hybridized carbons (Fsp3) is 0.579. The van der Waals surface area contributed by atoms with Crippen LogP contribution in [0.4, 0.5) is 4.79 Å². The van der Waals surface area contributed by atoms with Crippen LogP contribution in [0.1, 0.15) is 31.7 Å². The molecule has 8 heteroatoms. The summed E-state index contributed by atoms with van der Waals surface area (Å²) >= 11 is 0. The van der Waals surface area contributed by atoms with E-state index < -0.39 is 5.97 Å². The van der Waals surface area contributed by atoms with E-state index >= 15 is 0 Å². The first-order valence-electron chi connectivity index (χ1n) is 9.44. The van der Waals surface area contributed by atoms with Gasteiger partial charge in [-0.2, -0.15) is 0 Å². The molecule has 3 N–H and O–H groups in total. The van der Waals surface area contributed by atoms with Crippen LogP contribution in [0, 0.1) is 0 Å². The Kier molecular flexibility index (Phi) is 6.39. The molecule has 1 aliphatic heterocycles. The molecule has 27 heavy (non-hydrogen) atoms. The molecular formula is C19H27N3O5. The third kappa shape index (κ3) is 5.26. The Labute approximate surface area is 158 Å². The number of rotatable bonds is 7. The van der Waals surface area contributed by atoms with Gasteiger partial charge in [0.05, 0.1) is 19.8 Å². The van der Waals surface area contributed by atoms with Crippen LogP contribution in [-0.2, 0) is 11.3 Å². The van der Waals surface area contributed by atoms with E-state index in [9.17, 15) is 9.59 Å². The topological polar surface area (TPSA) is 100 Å². The Morgan fingerprint density at radius 3 is 2.67 bits per heavy atom. The largest absolute Gasteiger partial charge is 0.490 e. The second kappa shape index (κ2) is 8.94. The number of carbonyl (C=O) groups is 2. The molecule has 148 valence electrons. The maximum absolute atomic E-state index is 12.1. The van der Waals surface area contributed by atoms with Crippen molar-refractivity contribution in [3.05, 3.63) is 23.8 Å². The van der Waals surface area contributed by atoms with Gasteiger partial charge in [0.25, 0.3) is 0 Å². The summed E-state index contributed by atoms with van der Waals surface area (Å²) in [5, 5.41) is 14.7. The molecule has 1 fully saturated rings. The van der Waals surface area contributed by atoms with Crippen LogP contribution in [0.3, 0.4) is 0 Å². The minimum Gasteiger partial charge on any atom is -0.490 e. The zero-order chi connectivity index (χ0) is 19.2. The summed E-state index contributed by atoms with van der Waals surface area (Å²) in [6.45, 7) is 4.37. The molecule has 1 aromatic rings. The number of nitrogens with one attached hydrogen (secondary N) is 2. The minimum absolute atomic E-state index is 0.0458. The molecule has 2 amide bonds. The lowest BCUT2D eigenvalue weighted by Crippen LogP contribution is -2.56. The fourth-order valence-corrected chi connectivity index (χ4v) is 3.41. The summed E-state index contributed by atoms with van der Waals surface area (Å²) in [5.74, 6) is 0.635. The van der Waals surface area contributed by atoms with Gasteiger partial charge in [-0.05, 0) is 37.1 Å². The maximum Gasteiger partial charge on any atom is 0.317 e. The number of likely N-dealkylation sites (N-methyl/N-ethyl adjacent to an activating group) is 1. The van der Waals surface area contributed by atoms with Gasteiger partial charge in [0.1, 0.15) is 0 Å². The van der Waals surface area contributed by atoms with E-state index in [4.69, 9.17) is 14.6 Å². The summed E-state index contributed by atoms with van der Waals surface area (Å²) in [6, 6.07) is 5.77. The van der Waals surface area contributed by atoms with Crippen molar-refractivity contribution in [1.82, 2.24) is 15.5 Å². The number of hydrogen-bond donors (Lipinski definition) is 3. The van der Waals surface area contributed by atoms with Crippen LogP contribution in [0.5, 0.6) is 11.5 Å². The zero-order valence-electron chi connectivity index (χ0n) is 15.6. The van der Waals surface area contributed by atoms with E-state index in [-0.39, 0.29) is 24.7 Å². The number of ether oxygens (including phenoxy) is 2. The monoisotopic (exact) mass is 377 g/mol. The van der Waals surface area contributed by atoms with E-state index in [2.05, 4.69) is 10.6 Å². The van der Waals surface area contributed by atoms with E-state index in [0.717, 1.165) is 30.6 Å². The van der Waals surface area contributed by atoms with Crippen LogP contribution >= 0.6 is 0 Å². The average molecular weight is 377 g/mol. The van der Waals surface area contributed by atoms with Crippen LogP contribution < -0.4 is 20.1 Å². The average Bonchev–Trinajstić information content (AvgIpc) is 2.85. The smallest absolute Gasteiger partial charge is 0.317 e. The fourth-order valence-electron chi connectivity index (χ4n) is 3.41. The van der Waals surface area contributed by atoms with Crippen LogP contribution in [0.15, 0.2) is 18.2 Å². The molecular weight excluding hydrogens is 350 g/mol. The highest BCUT2D eigenvalue weighted by Gasteiger charge is 2.34. The summed E-state index contributed by atoms with van der Waals surface area (Å²) in [6.07, 6.45) is 2.41. The van der Waals surface area contributed by atoms with Gasteiger partial charge in [0, 0.05) is 25.0 Å². The predicted molar refractivity (Wildman–Crippen MR) is 99.1 cm³/mol. The Hall–Kier alpha value is -2.48. The Morgan fingerprint density at radius 2 is 1.96 bits per heavy atom. The van der Waals surface area contributed by atoms with Gasteiger partial charge in [-0.15, -0.1) is 0 Å². The van der Waals surface area contributed by atoms with Crippen LogP contribution in [-0.4, -0.2) is 60.4 Å². The second-order valence-corrected chi connectivity index (χ2v) is 6.94. The number of amides is 2. The molecule has 0 unspecified atom stereocenters. The molecule has 0 radical (unpaired) electrons. The lowest BCUT2D eigenvalue weighted by molar-refractivity contribution is -0.139. The van der Waals surface area contributed by atoms with Crippen molar-refractivity contribution in [3.8, 4) is 11.5 Å². The first-order valence-corrected chi connectivity index (χ1v) is 9.44. The number of urea groups is 1. The third-order valence-electron chi connectivity index (χ3n) is 4.97. The van der Waals surface area contributed by atoms with E-state index in [0.29, 0.717) is 32.1 Å². The van der Waals surface area contributed by atoms with Crippen molar-refractivity contribution in [2.45, 2.75) is 44.8 Å². The highest BCUT2D eigenvalue weighted by atomic mass is 16.5. The first kappa shape index (κ1) is 19.3. The van der Waals surface area contributed by atoms with E-state index in [1.54, 1.807) is 0 Å². The molecule has 8 nitrogen and oxygen atoms in total. The molecule has 0 aromatic heterocycles. The minimum atomic E-state index is -0.818. The molecule has 0 bridgehead atoms.